The molecule has 0 saturated carbocycles. The zero-order valence-electron chi connectivity index (χ0n) is 21.0. The Morgan fingerprint density at radius 3 is 1.03 bits per heavy atom. The van der Waals surface area contributed by atoms with E-state index >= 15 is 0 Å². The van der Waals surface area contributed by atoms with Gasteiger partial charge in [0, 0.05) is 9.75 Å². The fraction of sp³-hybridized carbons (Fsp3) is 0.538. The maximum atomic E-state index is 9.63. The summed E-state index contributed by atoms with van der Waals surface area (Å²) in [7, 11) is 9.78. The van der Waals surface area contributed by atoms with E-state index in [9.17, 15) is 10.2 Å². The first kappa shape index (κ1) is 32.9. The summed E-state index contributed by atoms with van der Waals surface area (Å²) in [5.41, 5.74) is 6.26. The minimum atomic E-state index is -0.556. The van der Waals surface area contributed by atoms with Gasteiger partial charge in [-0.15, -0.1) is 23.2 Å². The predicted molar refractivity (Wildman–Crippen MR) is 143 cm³/mol. The molecule has 0 heterocycles. The van der Waals surface area contributed by atoms with E-state index in [2.05, 4.69) is 0 Å². The Morgan fingerprint density at radius 2 is 0.848 bits per heavy atom. The van der Waals surface area contributed by atoms with E-state index in [0.717, 1.165) is 47.9 Å². The van der Waals surface area contributed by atoms with Crippen molar-refractivity contribution in [3.05, 3.63) is 57.6 Å². The predicted octanol–water partition coefficient (Wildman–Crippen LogP) is 9.29. The van der Waals surface area contributed by atoms with Crippen molar-refractivity contribution in [2.24, 2.45) is 0 Å². The standard InChI is InChI=1S/2C13H19ClO.2ClH.Ti/c2*1-9-7-11(5-6-13(3,4)14)8-10(2)12(9)15;;;/h2*7-8,15H,5-6H2,1-4H3;2*1H;/q;;;;+2/p-2. The molecular weight excluding hydrogens is 534 g/mol. The number of aryl methyl sites for hydroxylation is 6. The van der Waals surface area contributed by atoms with Crippen LogP contribution < -0.4 is 0 Å². The molecule has 2 nitrogen and oxygen atoms in total. The van der Waals surface area contributed by atoms with Crippen molar-refractivity contribution in [3.63, 3.8) is 0 Å². The van der Waals surface area contributed by atoms with Gasteiger partial charge in [0.1, 0.15) is 11.5 Å². The normalized spacial score (nSPS) is 11.2. The number of phenols is 2. The third-order valence-electron chi connectivity index (χ3n) is 5.12. The van der Waals surface area contributed by atoms with Crippen LogP contribution in [0.3, 0.4) is 0 Å². The number of hydrogen-bond acceptors (Lipinski definition) is 2. The Morgan fingerprint density at radius 1 is 0.636 bits per heavy atom. The number of phenolic OH excluding ortho intramolecular Hbond substituents is 2. The van der Waals surface area contributed by atoms with E-state index in [-0.39, 0.29) is 9.75 Å². The van der Waals surface area contributed by atoms with E-state index < -0.39 is 17.0 Å². The maximum absolute atomic E-state index is 9.63. The molecule has 0 aliphatic heterocycles. The summed E-state index contributed by atoms with van der Waals surface area (Å²) < 4.78 is 0. The quantitative estimate of drug-likeness (QED) is 0.268. The van der Waals surface area contributed by atoms with Crippen LogP contribution in [0, 0.1) is 27.7 Å². The Kier molecular flexibility index (Phi) is 15.1. The second-order valence-electron chi connectivity index (χ2n) is 9.67. The van der Waals surface area contributed by atoms with E-state index in [4.69, 9.17) is 41.8 Å². The van der Waals surface area contributed by atoms with E-state index in [1.54, 1.807) is 0 Å². The molecule has 186 valence electrons. The number of hydrogen-bond donors (Lipinski definition) is 2. The van der Waals surface area contributed by atoms with Gasteiger partial charge in [0.25, 0.3) is 0 Å². The van der Waals surface area contributed by atoms with E-state index in [1.807, 2.05) is 79.7 Å². The topological polar surface area (TPSA) is 40.5 Å². The van der Waals surface area contributed by atoms with Crippen LogP contribution in [0.2, 0.25) is 0 Å². The van der Waals surface area contributed by atoms with Crippen LogP contribution >= 0.6 is 41.8 Å². The molecule has 0 fully saturated rings. The first-order chi connectivity index (χ1) is 15.0. The van der Waals surface area contributed by atoms with Gasteiger partial charge in [0.2, 0.25) is 0 Å². The molecule has 2 aromatic rings. The van der Waals surface area contributed by atoms with Gasteiger partial charge in [-0.2, -0.15) is 0 Å². The zero-order chi connectivity index (χ0) is 26.0. The molecule has 7 heteroatoms. The summed E-state index contributed by atoms with van der Waals surface area (Å²) in [6.07, 6.45) is 3.80. The summed E-state index contributed by atoms with van der Waals surface area (Å²) in [5, 5.41) is 19.3. The van der Waals surface area contributed by atoms with E-state index in [0.29, 0.717) is 11.5 Å². The molecule has 0 aromatic heterocycles. The fourth-order valence-electron chi connectivity index (χ4n) is 3.26. The van der Waals surface area contributed by atoms with Crippen LogP contribution in [-0.4, -0.2) is 20.0 Å². The van der Waals surface area contributed by atoms with Crippen LogP contribution in [0.4, 0.5) is 0 Å². The summed E-state index contributed by atoms with van der Waals surface area (Å²) in [6, 6.07) is 8.13. The molecular formula is C26H38Cl4O2Ti. The average molecular weight is 572 g/mol. The average Bonchev–Trinajstić information content (AvgIpc) is 2.67. The first-order valence-corrected chi connectivity index (χ1v) is 16.0. The molecule has 0 atom stereocenters. The molecule has 0 amide bonds. The Labute approximate surface area is 227 Å². The summed E-state index contributed by atoms with van der Waals surface area (Å²) >= 11 is 11.7. The second kappa shape index (κ2) is 15.1. The van der Waals surface area contributed by atoms with Gasteiger partial charge in [0.15, 0.2) is 0 Å². The molecule has 2 rings (SSSR count). The third kappa shape index (κ3) is 14.8. The van der Waals surface area contributed by atoms with Gasteiger partial charge in [-0.3, -0.25) is 0 Å². The van der Waals surface area contributed by atoms with Crippen LogP contribution in [0.5, 0.6) is 11.5 Å². The summed E-state index contributed by atoms with van der Waals surface area (Å²) in [6.45, 7) is 15.8. The second-order valence-corrected chi connectivity index (χ2v) is 14.3. The molecule has 0 bridgehead atoms. The van der Waals surface area contributed by atoms with Gasteiger partial charge in [-0.05, 0) is 114 Å². The number of rotatable bonds is 6. The SMILES string of the molecule is Cc1cc(CCC(C)(C)Cl)cc(C)c1O.Cc1cc(CCC(C)(C)Cl)cc(C)c1O.[Cl][Ti][Cl]. The van der Waals surface area contributed by atoms with Gasteiger partial charge in [-0.1, -0.05) is 24.3 Å². The van der Waals surface area contributed by atoms with Crippen molar-refractivity contribution < 1.29 is 27.2 Å². The molecule has 0 saturated heterocycles. The van der Waals surface area contributed by atoms with Crippen molar-refractivity contribution in [2.45, 2.75) is 90.8 Å². The van der Waals surface area contributed by atoms with Crippen molar-refractivity contribution >= 4 is 41.8 Å². The van der Waals surface area contributed by atoms with Crippen molar-refractivity contribution in [3.8, 4) is 11.5 Å². The summed E-state index contributed by atoms with van der Waals surface area (Å²) in [4.78, 5) is -0.306. The number of alkyl halides is 2. The van der Waals surface area contributed by atoms with Gasteiger partial charge in [0.05, 0.1) is 0 Å². The Balaban J connectivity index is 0.000000555. The fourth-order valence-corrected chi connectivity index (χ4v) is 3.45. The van der Waals surface area contributed by atoms with Crippen molar-refractivity contribution in [2.75, 3.05) is 0 Å². The molecule has 33 heavy (non-hydrogen) atoms. The molecule has 0 aliphatic carbocycles. The molecule has 0 spiro atoms. The summed E-state index contributed by atoms with van der Waals surface area (Å²) in [5.74, 6) is 0.813. The van der Waals surface area contributed by atoms with Crippen LogP contribution in [0.15, 0.2) is 24.3 Å². The van der Waals surface area contributed by atoms with Crippen molar-refractivity contribution in [1.29, 1.82) is 0 Å². The number of benzene rings is 2. The third-order valence-corrected chi connectivity index (χ3v) is 5.50. The Bertz CT molecular complexity index is 754. The van der Waals surface area contributed by atoms with Crippen LogP contribution in [0.25, 0.3) is 0 Å². The molecule has 0 radical (unpaired) electrons. The van der Waals surface area contributed by atoms with Crippen LogP contribution in [-0.2, 0) is 29.9 Å². The first-order valence-electron chi connectivity index (χ1n) is 10.9. The van der Waals surface area contributed by atoms with Gasteiger partial charge in [-0.25, -0.2) is 0 Å². The van der Waals surface area contributed by atoms with Crippen molar-refractivity contribution in [1.82, 2.24) is 0 Å². The zero-order valence-corrected chi connectivity index (χ0v) is 25.6. The molecule has 0 aliphatic rings. The monoisotopic (exact) mass is 570 g/mol. The molecule has 2 aromatic carbocycles. The van der Waals surface area contributed by atoms with E-state index in [1.165, 1.54) is 11.1 Å². The number of aromatic hydroxyl groups is 2. The van der Waals surface area contributed by atoms with Crippen LogP contribution in [0.1, 0.15) is 73.9 Å². The molecule has 0 unspecified atom stereocenters. The minimum absolute atomic E-state index is 0.153. The molecule has 2 N–H and O–H groups in total. The Hall–Kier alpha value is -0.0857. The van der Waals surface area contributed by atoms with Gasteiger partial charge < -0.3 is 10.2 Å². The number of halogens is 4. The van der Waals surface area contributed by atoms with Gasteiger partial charge >= 0.3 is 35.6 Å².